The van der Waals surface area contributed by atoms with Crippen molar-refractivity contribution in [3.8, 4) is 0 Å². The molecule has 0 fully saturated rings. The van der Waals surface area contributed by atoms with Crippen molar-refractivity contribution in [1.29, 1.82) is 0 Å². The highest BCUT2D eigenvalue weighted by molar-refractivity contribution is 5.99. The van der Waals surface area contributed by atoms with Crippen LogP contribution in [0.4, 0.5) is 11.4 Å². The third-order valence-electron chi connectivity index (χ3n) is 3.24. The van der Waals surface area contributed by atoms with Gasteiger partial charge in [-0.1, -0.05) is 0 Å². The van der Waals surface area contributed by atoms with Crippen LogP contribution in [0.25, 0.3) is 0 Å². The summed E-state index contributed by atoms with van der Waals surface area (Å²) in [6.45, 7) is 1.16. The highest BCUT2D eigenvalue weighted by Crippen LogP contribution is 2.28. The molecular weight excluding hydrogens is 342 g/mol. The fourth-order valence-corrected chi connectivity index (χ4v) is 1.96. The number of hydrogen-bond acceptors (Lipinski definition) is 9. The highest BCUT2D eigenvalue weighted by atomic mass is 16.6. The maximum Gasteiger partial charge on any atom is 0.279 e. The molecule has 134 valence electrons. The van der Waals surface area contributed by atoms with Crippen molar-refractivity contribution in [2.75, 3.05) is 0 Å². The lowest BCUT2D eigenvalue weighted by Gasteiger charge is -2.20. The summed E-state index contributed by atoms with van der Waals surface area (Å²) in [5.41, 5.74) is -2.13. The normalized spacial score (nSPS) is 11.4. The van der Waals surface area contributed by atoms with Gasteiger partial charge in [-0.25, -0.2) is 0 Å². The molecule has 0 heterocycles. The predicted molar refractivity (Wildman–Crippen MR) is 75.0 cm³/mol. The topological polar surface area (TPSA) is 196 Å². The minimum atomic E-state index is -1.79. The molecule has 0 aliphatic rings. The number of carboxylic acids is 2. The SMILES string of the molecule is Cc1c(C(=O)N[C@@H](CCC(=O)[O-])C(=O)[O-])cc([N+](=O)[O-])cc1[N+](=O)[O-]. The Morgan fingerprint density at radius 2 is 1.72 bits per heavy atom. The summed E-state index contributed by atoms with van der Waals surface area (Å²) in [5.74, 6) is -4.49. The smallest absolute Gasteiger partial charge is 0.279 e. The standard InChI is InChI=1S/C13H13N3O9/c1-6-8(4-7(15(22)23)5-10(6)16(24)25)12(19)14-9(13(20)21)2-3-11(17)18/h4-5,9H,2-3H2,1H3,(H,14,19)(H,17,18)(H,20,21)/p-2/t9-/m0/s1. The molecule has 25 heavy (non-hydrogen) atoms. The number of aliphatic carboxylic acids is 2. The molecule has 0 unspecified atom stereocenters. The number of nitro benzene ring substituents is 2. The van der Waals surface area contributed by atoms with E-state index in [1.807, 2.05) is 5.32 Å². The number of carbonyl (C=O) groups excluding carboxylic acids is 3. The molecule has 1 atom stereocenters. The zero-order valence-corrected chi connectivity index (χ0v) is 12.7. The van der Waals surface area contributed by atoms with E-state index < -0.39 is 63.5 Å². The molecule has 0 radical (unpaired) electrons. The molecule has 0 spiro atoms. The van der Waals surface area contributed by atoms with E-state index in [9.17, 15) is 44.8 Å². The summed E-state index contributed by atoms with van der Waals surface area (Å²) in [4.78, 5) is 53.4. The highest BCUT2D eigenvalue weighted by Gasteiger charge is 2.26. The lowest BCUT2D eigenvalue weighted by molar-refractivity contribution is -0.394. The predicted octanol–water partition coefficient (Wildman–Crippen LogP) is -1.81. The molecule has 1 rings (SSSR count). The molecule has 12 heteroatoms. The first-order valence-electron chi connectivity index (χ1n) is 6.69. The number of rotatable bonds is 8. The molecule has 1 aromatic rings. The maximum atomic E-state index is 12.2. The zero-order valence-electron chi connectivity index (χ0n) is 12.7. The Morgan fingerprint density at radius 3 is 2.16 bits per heavy atom. The van der Waals surface area contributed by atoms with Gasteiger partial charge in [0.25, 0.3) is 17.3 Å². The lowest BCUT2D eigenvalue weighted by Crippen LogP contribution is -2.48. The average Bonchev–Trinajstić information content (AvgIpc) is 2.50. The quantitative estimate of drug-likeness (QED) is 0.413. The largest absolute Gasteiger partial charge is 0.550 e. The van der Waals surface area contributed by atoms with Crippen molar-refractivity contribution in [2.24, 2.45) is 0 Å². The van der Waals surface area contributed by atoms with Gasteiger partial charge in [-0.2, -0.15) is 0 Å². The van der Waals surface area contributed by atoms with E-state index in [1.165, 1.54) is 0 Å². The van der Waals surface area contributed by atoms with Crippen molar-refractivity contribution in [3.05, 3.63) is 43.5 Å². The molecule has 1 N–H and O–H groups in total. The molecular formula is C13H11N3O9-2. The number of amides is 1. The van der Waals surface area contributed by atoms with Gasteiger partial charge in [0.05, 0.1) is 33.5 Å². The first kappa shape index (κ1) is 19.5. The summed E-state index contributed by atoms with van der Waals surface area (Å²) < 4.78 is 0. The Morgan fingerprint density at radius 1 is 1.12 bits per heavy atom. The van der Waals surface area contributed by atoms with Crippen LogP contribution in [0.3, 0.4) is 0 Å². The molecule has 0 bridgehead atoms. The number of non-ortho nitro benzene ring substituents is 1. The Hall–Kier alpha value is -3.57. The molecule has 1 aromatic carbocycles. The minimum Gasteiger partial charge on any atom is -0.550 e. The first-order valence-corrected chi connectivity index (χ1v) is 6.69. The van der Waals surface area contributed by atoms with E-state index >= 15 is 0 Å². The fraction of sp³-hybridized carbons (Fsp3) is 0.308. The van der Waals surface area contributed by atoms with Crippen LogP contribution in [-0.2, 0) is 9.59 Å². The van der Waals surface area contributed by atoms with Gasteiger partial charge in [-0.3, -0.25) is 25.0 Å². The number of benzene rings is 1. The number of hydrogen-bond donors (Lipinski definition) is 1. The van der Waals surface area contributed by atoms with Crippen molar-refractivity contribution in [1.82, 2.24) is 5.32 Å². The Kier molecular flexibility index (Phi) is 6.08. The summed E-state index contributed by atoms with van der Waals surface area (Å²) in [5, 5.41) is 45.1. The minimum absolute atomic E-state index is 0.218. The molecule has 0 aliphatic carbocycles. The van der Waals surface area contributed by atoms with Crippen molar-refractivity contribution in [3.63, 3.8) is 0 Å². The first-order chi connectivity index (χ1) is 11.5. The second-order valence-electron chi connectivity index (χ2n) is 4.91. The Bertz CT molecular complexity index is 759. The summed E-state index contributed by atoms with van der Waals surface area (Å²) >= 11 is 0. The van der Waals surface area contributed by atoms with Gasteiger partial charge in [-0.15, -0.1) is 0 Å². The summed E-state index contributed by atoms with van der Waals surface area (Å²) in [6, 6.07) is -0.301. The van der Waals surface area contributed by atoms with Crippen LogP contribution in [0.5, 0.6) is 0 Å². The monoisotopic (exact) mass is 353 g/mol. The van der Waals surface area contributed by atoms with Crippen LogP contribution in [-0.4, -0.2) is 33.7 Å². The van der Waals surface area contributed by atoms with Crippen LogP contribution in [0.15, 0.2) is 12.1 Å². The zero-order chi connectivity index (χ0) is 19.3. The van der Waals surface area contributed by atoms with Gasteiger partial charge in [0.15, 0.2) is 0 Å². The molecule has 0 saturated heterocycles. The third kappa shape index (κ3) is 4.95. The number of nitrogens with zero attached hydrogens (tertiary/aromatic N) is 2. The molecule has 1 amide bonds. The molecule has 12 nitrogen and oxygen atoms in total. The second kappa shape index (κ2) is 7.81. The van der Waals surface area contributed by atoms with E-state index in [0.29, 0.717) is 6.07 Å². The molecule has 0 saturated carbocycles. The Labute approximate surface area is 139 Å². The van der Waals surface area contributed by atoms with E-state index in [4.69, 9.17) is 0 Å². The number of carbonyl (C=O) groups is 3. The van der Waals surface area contributed by atoms with E-state index in [0.717, 1.165) is 13.0 Å². The van der Waals surface area contributed by atoms with E-state index in [-0.39, 0.29) is 5.56 Å². The summed E-state index contributed by atoms with van der Waals surface area (Å²) in [7, 11) is 0. The van der Waals surface area contributed by atoms with Crippen LogP contribution < -0.4 is 15.5 Å². The van der Waals surface area contributed by atoms with Gasteiger partial charge in [0, 0.05) is 17.6 Å². The number of carboxylic acid groups (broad SMARTS) is 2. The fourth-order valence-electron chi connectivity index (χ4n) is 1.96. The van der Waals surface area contributed by atoms with Crippen LogP contribution in [0.2, 0.25) is 0 Å². The average molecular weight is 353 g/mol. The van der Waals surface area contributed by atoms with Gasteiger partial charge in [-0.05, 0) is 19.8 Å². The van der Waals surface area contributed by atoms with Crippen molar-refractivity contribution >= 4 is 29.2 Å². The van der Waals surface area contributed by atoms with Gasteiger partial charge in [0.1, 0.15) is 0 Å². The van der Waals surface area contributed by atoms with Crippen molar-refractivity contribution in [2.45, 2.75) is 25.8 Å². The lowest BCUT2D eigenvalue weighted by atomic mass is 10.0. The second-order valence-corrected chi connectivity index (χ2v) is 4.91. The van der Waals surface area contributed by atoms with Gasteiger partial charge >= 0.3 is 0 Å². The van der Waals surface area contributed by atoms with Crippen LogP contribution in [0.1, 0.15) is 28.8 Å². The van der Waals surface area contributed by atoms with E-state index in [1.54, 1.807) is 0 Å². The maximum absolute atomic E-state index is 12.2. The Balaban J connectivity index is 3.22. The molecule has 0 aromatic heterocycles. The van der Waals surface area contributed by atoms with E-state index in [2.05, 4.69) is 0 Å². The number of nitrogens with one attached hydrogen (secondary N) is 1. The molecule has 0 aliphatic heterocycles. The third-order valence-corrected chi connectivity index (χ3v) is 3.24. The van der Waals surface area contributed by atoms with Gasteiger partial charge < -0.3 is 25.1 Å². The van der Waals surface area contributed by atoms with Crippen LogP contribution >= 0.6 is 0 Å². The number of nitro groups is 2. The summed E-state index contributed by atoms with van der Waals surface area (Å²) in [6.07, 6.45) is -1.24. The van der Waals surface area contributed by atoms with Crippen LogP contribution in [0, 0.1) is 27.2 Å². The van der Waals surface area contributed by atoms with Gasteiger partial charge in [0.2, 0.25) is 0 Å². The van der Waals surface area contributed by atoms with Crippen molar-refractivity contribution < 1.29 is 34.4 Å².